The Morgan fingerprint density at radius 2 is 2.33 bits per heavy atom. The normalized spacial score (nSPS) is 13.3. The molecule has 0 radical (unpaired) electrons. The van der Waals surface area contributed by atoms with Crippen molar-refractivity contribution in [3.05, 3.63) is 22.1 Å². The highest BCUT2D eigenvalue weighted by Crippen LogP contribution is 2.29. The first-order valence-electron chi connectivity index (χ1n) is 4.17. The van der Waals surface area contributed by atoms with Gasteiger partial charge >= 0.3 is 0 Å². The van der Waals surface area contributed by atoms with Gasteiger partial charge in [-0.1, -0.05) is 13.8 Å². The molecule has 2 N–H and O–H groups in total. The number of hydrogen-bond donors (Lipinski definition) is 1. The van der Waals surface area contributed by atoms with Crippen LogP contribution in [0.1, 0.15) is 37.7 Å². The van der Waals surface area contributed by atoms with E-state index in [9.17, 15) is 0 Å². The molecule has 1 aromatic rings. The summed E-state index contributed by atoms with van der Waals surface area (Å²) in [5.41, 5.74) is 5.46. The van der Waals surface area contributed by atoms with Gasteiger partial charge in [0.25, 0.3) is 0 Å². The third-order valence-electron chi connectivity index (χ3n) is 2.03. The Morgan fingerprint density at radius 3 is 2.75 bits per heavy atom. The summed E-state index contributed by atoms with van der Waals surface area (Å²) in [7, 11) is 0. The van der Waals surface area contributed by atoms with Crippen molar-refractivity contribution in [2.75, 3.05) is 0 Å². The van der Waals surface area contributed by atoms with Gasteiger partial charge in [-0.2, -0.15) is 0 Å². The predicted octanol–water partition coefficient (Wildman–Crippen LogP) is 3.01. The van der Waals surface area contributed by atoms with Gasteiger partial charge in [0.1, 0.15) is 11.5 Å². The minimum absolute atomic E-state index is 0.458. The maximum atomic E-state index is 5.54. The van der Waals surface area contributed by atoms with Crippen molar-refractivity contribution in [1.29, 1.82) is 0 Å². The van der Waals surface area contributed by atoms with Crippen molar-refractivity contribution < 1.29 is 4.42 Å². The summed E-state index contributed by atoms with van der Waals surface area (Å²) in [4.78, 5) is 0. The zero-order valence-electron chi connectivity index (χ0n) is 7.43. The van der Waals surface area contributed by atoms with E-state index in [2.05, 4.69) is 29.8 Å². The summed E-state index contributed by atoms with van der Waals surface area (Å²) >= 11 is 3.45. The molecule has 1 atom stereocenters. The Labute approximate surface area is 81.3 Å². The third-order valence-corrected chi connectivity index (χ3v) is 2.64. The SMILES string of the molecule is CCC(C)c1oc(CN)cc1Br. The van der Waals surface area contributed by atoms with E-state index in [4.69, 9.17) is 10.2 Å². The van der Waals surface area contributed by atoms with Gasteiger partial charge in [0.05, 0.1) is 11.0 Å². The summed E-state index contributed by atoms with van der Waals surface area (Å²) < 4.78 is 6.58. The Balaban J connectivity index is 2.91. The molecule has 0 aromatic carbocycles. The second kappa shape index (κ2) is 4.10. The van der Waals surface area contributed by atoms with Gasteiger partial charge in [0.15, 0.2) is 0 Å². The highest BCUT2D eigenvalue weighted by Gasteiger charge is 2.13. The van der Waals surface area contributed by atoms with E-state index in [1.165, 1.54) is 0 Å². The Hall–Kier alpha value is -0.280. The van der Waals surface area contributed by atoms with Gasteiger partial charge in [-0.3, -0.25) is 0 Å². The highest BCUT2D eigenvalue weighted by molar-refractivity contribution is 9.10. The maximum Gasteiger partial charge on any atom is 0.121 e. The van der Waals surface area contributed by atoms with Crippen LogP contribution in [0.15, 0.2) is 15.0 Å². The van der Waals surface area contributed by atoms with Crippen molar-refractivity contribution in [2.45, 2.75) is 32.7 Å². The molecule has 0 bridgehead atoms. The summed E-state index contributed by atoms with van der Waals surface area (Å²) in [5, 5.41) is 0. The zero-order valence-corrected chi connectivity index (χ0v) is 9.02. The second-order valence-electron chi connectivity index (χ2n) is 2.94. The van der Waals surface area contributed by atoms with Gasteiger partial charge in [0.2, 0.25) is 0 Å². The average Bonchev–Trinajstić information content (AvgIpc) is 2.45. The first-order valence-corrected chi connectivity index (χ1v) is 4.96. The van der Waals surface area contributed by atoms with Crippen LogP contribution in [0.25, 0.3) is 0 Å². The zero-order chi connectivity index (χ0) is 9.14. The molecule has 0 fully saturated rings. The fourth-order valence-corrected chi connectivity index (χ4v) is 1.78. The van der Waals surface area contributed by atoms with Crippen LogP contribution < -0.4 is 5.73 Å². The van der Waals surface area contributed by atoms with E-state index in [0.29, 0.717) is 12.5 Å². The van der Waals surface area contributed by atoms with E-state index in [-0.39, 0.29) is 0 Å². The number of furan rings is 1. The third kappa shape index (κ3) is 1.90. The molecular weight excluding hydrogens is 218 g/mol. The summed E-state index contributed by atoms with van der Waals surface area (Å²) in [6.45, 7) is 4.75. The van der Waals surface area contributed by atoms with Crippen LogP contribution in [0.2, 0.25) is 0 Å². The molecule has 3 heteroatoms. The molecule has 0 spiro atoms. The van der Waals surface area contributed by atoms with Crippen LogP contribution in [0.4, 0.5) is 0 Å². The fourth-order valence-electron chi connectivity index (χ4n) is 1.05. The van der Waals surface area contributed by atoms with E-state index < -0.39 is 0 Å². The molecule has 0 saturated carbocycles. The first-order chi connectivity index (χ1) is 5.69. The number of nitrogens with two attached hydrogens (primary N) is 1. The molecule has 0 amide bonds. The molecule has 68 valence electrons. The lowest BCUT2D eigenvalue weighted by Crippen LogP contribution is -1.93. The van der Waals surface area contributed by atoms with E-state index >= 15 is 0 Å². The van der Waals surface area contributed by atoms with Gasteiger partial charge in [0, 0.05) is 5.92 Å². The van der Waals surface area contributed by atoms with Crippen LogP contribution in [-0.4, -0.2) is 0 Å². The lowest BCUT2D eigenvalue weighted by atomic mass is 10.1. The topological polar surface area (TPSA) is 39.2 Å². The Bertz CT molecular complexity index is 257. The Kier molecular flexibility index (Phi) is 3.35. The molecule has 1 aromatic heterocycles. The van der Waals surface area contributed by atoms with Crippen LogP contribution in [0.5, 0.6) is 0 Å². The van der Waals surface area contributed by atoms with Crippen LogP contribution in [-0.2, 0) is 6.54 Å². The molecule has 0 aliphatic carbocycles. The lowest BCUT2D eigenvalue weighted by Gasteiger charge is -2.04. The summed E-state index contributed by atoms with van der Waals surface area (Å²) in [6.07, 6.45) is 1.08. The van der Waals surface area contributed by atoms with E-state index in [1.54, 1.807) is 0 Å². The smallest absolute Gasteiger partial charge is 0.121 e. The van der Waals surface area contributed by atoms with Crippen molar-refractivity contribution in [2.24, 2.45) is 5.73 Å². The van der Waals surface area contributed by atoms with Gasteiger partial charge in [-0.05, 0) is 28.4 Å². The molecule has 1 unspecified atom stereocenters. The monoisotopic (exact) mass is 231 g/mol. The largest absolute Gasteiger partial charge is 0.463 e. The predicted molar refractivity (Wildman–Crippen MR) is 53.0 cm³/mol. The standard InChI is InChI=1S/C9H14BrNO/c1-3-6(2)9-8(10)4-7(5-11)12-9/h4,6H,3,5,11H2,1-2H3. The second-order valence-corrected chi connectivity index (χ2v) is 3.79. The van der Waals surface area contributed by atoms with E-state index in [0.717, 1.165) is 22.4 Å². The molecule has 0 saturated heterocycles. The highest BCUT2D eigenvalue weighted by atomic mass is 79.9. The minimum atomic E-state index is 0.458. The van der Waals surface area contributed by atoms with Crippen molar-refractivity contribution in [3.8, 4) is 0 Å². The quantitative estimate of drug-likeness (QED) is 0.869. The molecule has 1 heterocycles. The summed E-state index contributed by atoms with van der Waals surface area (Å²) in [5.74, 6) is 2.31. The number of hydrogen-bond acceptors (Lipinski definition) is 2. The first kappa shape index (κ1) is 9.81. The van der Waals surface area contributed by atoms with Gasteiger partial charge in [-0.15, -0.1) is 0 Å². The Morgan fingerprint density at radius 1 is 1.67 bits per heavy atom. The minimum Gasteiger partial charge on any atom is -0.463 e. The van der Waals surface area contributed by atoms with Gasteiger partial charge < -0.3 is 10.2 Å². The molecule has 1 rings (SSSR count). The summed E-state index contributed by atoms with van der Waals surface area (Å²) in [6, 6.07) is 1.95. The lowest BCUT2D eigenvalue weighted by molar-refractivity contribution is 0.434. The average molecular weight is 232 g/mol. The van der Waals surface area contributed by atoms with Crippen LogP contribution in [0.3, 0.4) is 0 Å². The molecule has 2 nitrogen and oxygen atoms in total. The number of halogens is 1. The van der Waals surface area contributed by atoms with Crippen LogP contribution in [0, 0.1) is 0 Å². The van der Waals surface area contributed by atoms with Crippen LogP contribution >= 0.6 is 15.9 Å². The van der Waals surface area contributed by atoms with E-state index in [1.807, 2.05) is 6.07 Å². The van der Waals surface area contributed by atoms with Crippen molar-refractivity contribution in [1.82, 2.24) is 0 Å². The van der Waals surface area contributed by atoms with Gasteiger partial charge in [-0.25, -0.2) is 0 Å². The fraction of sp³-hybridized carbons (Fsp3) is 0.556. The molecule has 0 aliphatic heterocycles. The molecule has 12 heavy (non-hydrogen) atoms. The van der Waals surface area contributed by atoms with Crippen molar-refractivity contribution >= 4 is 15.9 Å². The molecule has 0 aliphatic rings. The number of rotatable bonds is 3. The maximum absolute atomic E-state index is 5.54. The molecular formula is C9H14BrNO. The van der Waals surface area contributed by atoms with Crippen molar-refractivity contribution in [3.63, 3.8) is 0 Å².